The highest BCUT2D eigenvalue weighted by Crippen LogP contribution is 2.32. The first-order valence-corrected chi connectivity index (χ1v) is 8.92. The van der Waals surface area contributed by atoms with E-state index in [-0.39, 0.29) is 6.04 Å². The third-order valence-corrected chi connectivity index (χ3v) is 4.97. The van der Waals surface area contributed by atoms with Gasteiger partial charge in [-0.05, 0) is 42.3 Å². The van der Waals surface area contributed by atoms with Crippen LogP contribution in [0, 0.1) is 6.92 Å². The van der Waals surface area contributed by atoms with E-state index in [1.807, 2.05) is 12.1 Å². The molecule has 0 spiro atoms. The molecule has 0 aliphatic carbocycles. The molecule has 134 valence electrons. The van der Waals surface area contributed by atoms with Crippen molar-refractivity contribution in [1.29, 1.82) is 0 Å². The van der Waals surface area contributed by atoms with Gasteiger partial charge < -0.3 is 24.1 Å². The van der Waals surface area contributed by atoms with Gasteiger partial charge in [-0.25, -0.2) is 4.98 Å². The number of nitrogens with one attached hydrogen (secondary N) is 1. The number of hydrogen-bond donors (Lipinski definition) is 1. The van der Waals surface area contributed by atoms with Crippen LogP contribution >= 0.6 is 0 Å². The van der Waals surface area contributed by atoms with Gasteiger partial charge in [0.15, 0.2) is 11.5 Å². The highest BCUT2D eigenvalue weighted by molar-refractivity contribution is 5.77. The van der Waals surface area contributed by atoms with Gasteiger partial charge in [0, 0.05) is 13.1 Å². The lowest BCUT2D eigenvalue weighted by Gasteiger charge is -2.26. The standard InChI is InChI=1S/C20H21N3O3/c1-13-2-4-16-17(6-13)23-15(10-24-11-20(23)22-16)9-21-8-14-3-5-18-19(7-14)26-12-25-18/h2-7,15,21H,8-12H2,1H3/t15-/m0/s1. The summed E-state index contributed by atoms with van der Waals surface area (Å²) in [4.78, 5) is 4.73. The molecule has 0 amide bonds. The molecule has 0 unspecified atom stereocenters. The van der Waals surface area contributed by atoms with E-state index in [2.05, 4.69) is 41.1 Å². The predicted octanol–water partition coefficient (Wildman–Crippen LogP) is 2.93. The number of fused-ring (bicyclic) bond motifs is 4. The summed E-state index contributed by atoms with van der Waals surface area (Å²) in [5.74, 6) is 2.65. The van der Waals surface area contributed by atoms with Gasteiger partial charge in [0.25, 0.3) is 0 Å². The fourth-order valence-electron chi connectivity index (χ4n) is 3.71. The Labute approximate surface area is 151 Å². The first kappa shape index (κ1) is 15.7. The molecule has 2 aromatic carbocycles. The van der Waals surface area contributed by atoms with E-state index in [0.717, 1.165) is 35.9 Å². The zero-order valence-electron chi connectivity index (χ0n) is 14.7. The molecule has 3 heterocycles. The molecule has 6 nitrogen and oxygen atoms in total. The molecule has 2 aliphatic rings. The van der Waals surface area contributed by atoms with Crippen molar-refractivity contribution in [2.45, 2.75) is 26.1 Å². The molecule has 1 N–H and O–H groups in total. The van der Waals surface area contributed by atoms with Crippen molar-refractivity contribution >= 4 is 11.0 Å². The van der Waals surface area contributed by atoms with Crippen LogP contribution in [0.15, 0.2) is 36.4 Å². The van der Waals surface area contributed by atoms with E-state index >= 15 is 0 Å². The van der Waals surface area contributed by atoms with Crippen LogP contribution in [-0.2, 0) is 17.9 Å². The third kappa shape index (κ3) is 2.71. The van der Waals surface area contributed by atoms with Crippen LogP contribution in [0.3, 0.4) is 0 Å². The van der Waals surface area contributed by atoms with Crippen molar-refractivity contribution in [3.63, 3.8) is 0 Å². The van der Waals surface area contributed by atoms with Gasteiger partial charge in [0.2, 0.25) is 6.79 Å². The van der Waals surface area contributed by atoms with Crippen LogP contribution in [0.2, 0.25) is 0 Å². The lowest BCUT2D eigenvalue weighted by Crippen LogP contribution is -2.32. The maximum atomic E-state index is 5.77. The van der Waals surface area contributed by atoms with E-state index in [0.29, 0.717) is 20.0 Å². The van der Waals surface area contributed by atoms with Crippen LogP contribution in [0.5, 0.6) is 11.5 Å². The van der Waals surface area contributed by atoms with Crippen molar-refractivity contribution in [1.82, 2.24) is 14.9 Å². The molecule has 2 aliphatic heterocycles. The average molecular weight is 351 g/mol. The van der Waals surface area contributed by atoms with Crippen molar-refractivity contribution in [2.24, 2.45) is 0 Å². The van der Waals surface area contributed by atoms with Crippen molar-refractivity contribution < 1.29 is 14.2 Å². The number of aromatic nitrogens is 2. The average Bonchev–Trinajstić information content (AvgIpc) is 3.25. The number of hydrogen-bond acceptors (Lipinski definition) is 5. The first-order valence-electron chi connectivity index (χ1n) is 8.92. The van der Waals surface area contributed by atoms with Gasteiger partial charge >= 0.3 is 0 Å². The smallest absolute Gasteiger partial charge is 0.231 e. The summed E-state index contributed by atoms with van der Waals surface area (Å²) in [6, 6.07) is 12.7. The van der Waals surface area contributed by atoms with E-state index < -0.39 is 0 Å². The maximum Gasteiger partial charge on any atom is 0.231 e. The lowest BCUT2D eigenvalue weighted by atomic mass is 10.2. The van der Waals surface area contributed by atoms with Crippen LogP contribution in [0.25, 0.3) is 11.0 Å². The second kappa shape index (κ2) is 6.30. The Kier molecular flexibility index (Phi) is 3.80. The van der Waals surface area contributed by atoms with E-state index in [4.69, 9.17) is 19.2 Å². The van der Waals surface area contributed by atoms with Gasteiger partial charge in [0.05, 0.1) is 23.7 Å². The third-order valence-electron chi connectivity index (χ3n) is 4.97. The minimum atomic E-state index is 0.236. The fourth-order valence-corrected chi connectivity index (χ4v) is 3.71. The Morgan fingerprint density at radius 1 is 1.15 bits per heavy atom. The zero-order valence-corrected chi connectivity index (χ0v) is 14.7. The molecule has 0 radical (unpaired) electrons. The van der Waals surface area contributed by atoms with E-state index in [1.165, 1.54) is 16.6 Å². The minimum absolute atomic E-state index is 0.236. The Morgan fingerprint density at radius 2 is 2.08 bits per heavy atom. The molecule has 26 heavy (non-hydrogen) atoms. The summed E-state index contributed by atoms with van der Waals surface area (Å²) in [6.45, 7) is 5.29. The molecule has 0 saturated carbocycles. The molecule has 3 aromatic rings. The largest absolute Gasteiger partial charge is 0.454 e. The van der Waals surface area contributed by atoms with Gasteiger partial charge in [-0.1, -0.05) is 12.1 Å². The van der Waals surface area contributed by atoms with Crippen molar-refractivity contribution in [3.05, 3.63) is 53.3 Å². The Morgan fingerprint density at radius 3 is 3.04 bits per heavy atom. The van der Waals surface area contributed by atoms with Crippen molar-refractivity contribution in [3.8, 4) is 11.5 Å². The highest BCUT2D eigenvalue weighted by atomic mass is 16.7. The van der Waals surface area contributed by atoms with Crippen molar-refractivity contribution in [2.75, 3.05) is 19.9 Å². The number of ether oxygens (including phenoxy) is 3. The number of rotatable bonds is 4. The highest BCUT2D eigenvalue weighted by Gasteiger charge is 2.24. The maximum absolute atomic E-state index is 5.77. The molecule has 1 atom stereocenters. The second-order valence-electron chi connectivity index (χ2n) is 6.88. The van der Waals surface area contributed by atoms with Gasteiger partial charge in [-0.2, -0.15) is 0 Å². The molecule has 0 fully saturated rings. The topological polar surface area (TPSA) is 57.5 Å². The SMILES string of the molecule is Cc1ccc2nc3n(c2c1)[C@@H](CNCc1ccc2c(c1)OCO2)COC3. The van der Waals surface area contributed by atoms with Crippen LogP contribution < -0.4 is 14.8 Å². The lowest BCUT2D eigenvalue weighted by molar-refractivity contribution is 0.0564. The van der Waals surface area contributed by atoms with E-state index in [1.54, 1.807) is 0 Å². The monoisotopic (exact) mass is 351 g/mol. The number of aryl methyl sites for hydroxylation is 1. The Hall–Kier alpha value is -2.57. The van der Waals surface area contributed by atoms with Crippen LogP contribution in [0.1, 0.15) is 23.0 Å². The summed E-state index contributed by atoms with van der Waals surface area (Å²) in [7, 11) is 0. The zero-order chi connectivity index (χ0) is 17.5. The molecular formula is C20H21N3O3. The van der Waals surface area contributed by atoms with Crippen LogP contribution in [-0.4, -0.2) is 29.5 Å². The molecular weight excluding hydrogens is 330 g/mol. The number of benzene rings is 2. The van der Waals surface area contributed by atoms with Gasteiger partial charge in [-0.15, -0.1) is 0 Å². The first-order chi connectivity index (χ1) is 12.8. The van der Waals surface area contributed by atoms with Gasteiger partial charge in [-0.3, -0.25) is 0 Å². The van der Waals surface area contributed by atoms with Crippen LogP contribution in [0.4, 0.5) is 0 Å². The van der Waals surface area contributed by atoms with Gasteiger partial charge in [0.1, 0.15) is 12.4 Å². The number of imidazole rings is 1. The summed E-state index contributed by atoms with van der Waals surface area (Å²) in [5.41, 5.74) is 4.66. The Balaban J connectivity index is 1.33. The molecule has 0 bridgehead atoms. The fraction of sp³-hybridized carbons (Fsp3) is 0.350. The normalized spacial score (nSPS) is 18.3. The minimum Gasteiger partial charge on any atom is -0.454 e. The second-order valence-corrected chi connectivity index (χ2v) is 6.88. The summed E-state index contributed by atoms with van der Waals surface area (Å²) < 4.78 is 18.9. The van der Waals surface area contributed by atoms with E-state index in [9.17, 15) is 0 Å². The molecule has 6 heteroatoms. The number of nitrogens with zero attached hydrogens (tertiary/aromatic N) is 2. The predicted molar refractivity (Wildman–Crippen MR) is 97.4 cm³/mol. The Bertz CT molecular complexity index is 966. The molecule has 0 saturated heterocycles. The summed E-state index contributed by atoms with van der Waals surface area (Å²) in [6.07, 6.45) is 0. The molecule has 5 rings (SSSR count). The summed E-state index contributed by atoms with van der Waals surface area (Å²) >= 11 is 0. The summed E-state index contributed by atoms with van der Waals surface area (Å²) in [5, 5.41) is 3.55. The quantitative estimate of drug-likeness (QED) is 0.783. The molecule has 1 aromatic heterocycles.